The summed E-state index contributed by atoms with van der Waals surface area (Å²) in [7, 11) is 0. The molecule has 0 heterocycles. The zero-order chi connectivity index (χ0) is 12.3. The minimum atomic E-state index is 0.547. The number of benzene rings is 2. The van der Waals surface area contributed by atoms with Gasteiger partial charge in [-0.1, -0.05) is 35.9 Å². The van der Waals surface area contributed by atoms with Crippen LogP contribution in [0.4, 0.5) is 0 Å². The summed E-state index contributed by atoms with van der Waals surface area (Å²) < 4.78 is 6.67. The summed E-state index contributed by atoms with van der Waals surface area (Å²) in [5.41, 5.74) is 2.41. The minimum Gasteiger partial charge on any atom is -0.488 e. The van der Waals surface area contributed by atoms with Crippen LogP contribution in [0.5, 0.6) is 5.75 Å². The van der Waals surface area contributed by atoms with Gasteiger partial charge in [-0.05, 0) is 52.2 Å². The Balaban J connectivity index is 2.12. The lowest BCUT2D eigenvalue weighted by Crippen LogP contribution is -1.98. The van der Waals surface area contributed by atoms with Crippen LogP contribution >= 0.6 is 27.5 Å². The first kappa shape index (κ1) is 12.5. The molecule has 0 aliphatic carbocycles. The van der Waals surface area contributed by atoms with Gasteiger partial charge in [0.2, 0.25) is 0 Å². The Morgan fingerprint density at radius 3 is 2.71 bits per heavy atom. The monoisotopic (exact) mass is 310 g/mol. The van der Waals surface area contributed by atoms with Gasteiger partial charge in [0, 0.05) is 5.02 Å². The molecule has 0 aromatic heterocycles. The first-order chi connectivity index (χ1) is 8.16. The van der Waals surface area contributed by atoms with Gasteiger partial charge in [-0.2, -0.15) is 0 Å². The van der Waals surface area contributed by atoms with Gasteiger partial charge in [0.1, 0.15) is 12.4 Å². The van der Waals surface area contributed by atoms with E-state index in [1.54, 1.807) is 0 Å². The molecule has 0 bridgehead atoms. The van der Waals surface area contributed by atoms with Crippen molar-refractivity contribution in [3.05, 3.63) is 63.1 Å². The van der Waals surface area contributed by atoms with Gasteiger partial charge >= 0.3 is 0 Å². The standard InChI is InChI=1S/C14H12BrClO/c1-10-4-2-3-5-11(10)9-17-14-8-12(16)6-7-13(14)15/h2-8H,9H2,1H3. The van der Waals surface area contributed by atoms with E-state index >= 15 is 0 Å². The summed E-state index contributed by atoms with van der Waals surface area (Å²) in [4.78, 5) is 0. The van der Waals surface area contributed by atoms with Crippen molar-refractivity contribution in [2.24, 2.45) is 0 Å². The van der Waals surface area contributed by atoms with Gasteiger partial charge in [0.15, 0.2) is 0 Å². The maximum Gasteiger partial charge on any atom is 0.135 e. The van der Waals surface area contributed by atoms with Crippen molar-refractivity contribution >= 4 is 27.5 Å². The predicted molar refractivity (Wildman–Crippen MR) is 74.7 cm³/mol. The topological polar surface area (TPSA) is 9.23 Å². The molecule has 0 fully saturated rings. The van der Waals surface area contributed by atoms with Gasteiger partial charge in [-0.3, -0.25) is 0 Å². The highest BCUT2D eigenvalue weighted by Gasteiger charge is 2.03. The number of aryl methyl sites for hydroxylation is 1. The van der Waals surface area contributed by atoms with Crippen molar-refractivity contribution < 1.29 is 4.74 Å². The Bertz CT molecular complexity index is 525. The zero-order valence-corrected chi connectivity index (χ0v) is 11.8. The van der Waals surface area contributed by atoms with Crippen LogP contribution in [-0.4, -0.2) is 0 Å². The summed E-state index contributed by atoms with van der Waals surface area (Å²) in [5, 5.41) is 0.674. The van der Waals surface area contributed by atoms with Gasteiger partial charge in [0.05, 0.1) is 4.47 Å². The molecule has 0 aliphatic rings. The second kappa shape index (κ2) is 5.56. The predicted octanol–water partition coefficient (Wildman–Crippen LogP) is 4.99. The first-order valence-electron chi connectivity index (χ1n) is 5.29. The van der Waals surface area contributed by atoms with E-state index in [2.05, 4.69) is 35.0 Å². The lowest BCUT2D eigenvalue weighted by Gasteiger charge is -2.10. The fourth-order valence-corrected chi connectivity index (χ4v) is 2.04. The highest BCUT2D eigenvalue weighted by atomic mass is 79.9. The molecule has 88 valence electrons. The second-order valence-corrected chi connectivity index (χ2v) is 5.08. The fraction of sp³-hybridized carbons (Fsp3) is 0.143. The Hall–Kier alpha value is -0.990. The molecule has 0 spiro atoms. The lowest BCUT2D eigenvalue weighted by atomic mass is 10.1. The SMILES string of the molecule is Cc1ccccc1COc1cc(Cl)ccc1Br. The zero-order valence-electron chi connectivity index (χ0n) is 9.41. The maximum atomic E-state index is 5.93. The first-order valence-corrected chi connectivity index (χ1v) is 6.46. The summed E-state index contributed by atoms with van der Waals surface area (Å²) in [6.45, 7) is 2.62. The van der Waals surface area contributed by atoms with Crippen molar-refractivity contribution in [3.63, 3.8) is 0 Å². The van der Waals surface area contributed by atoms with Crippen LogP contribution in [0.3, 0.4) is 0 Å². The highest BCUT2D eigenvalue weighted by molar-refractivity contribution is 9.10. The number of halogens is 2. The average Bonchev–Trinajstić information content (AvgIpc) is 2.32. The molecule has 2 aromatic carbocycles. The maximum absolute atomic E-state index is 5.93. The average molecular weight is 312 g/mol. The molecular formula is C14H12BrClO. The Morgan fingerprint density at radius 2 is 1.94 bits per heavy atom. The Kier molecular flexibility index (Phi) is 4.08. The third kappa shape index (κ3) is 3.24. The van der Waals surface area contributed by atoms with Gasteiger partial charge in [-0.25, -0.2) is 0 Å². The molecule has 0 amide bonds. The Labute approximate surface area is 115 Å². The van der Waals surface area contributed by atoms with Gasteiger partial charge in [-0.15, -0.1) is 0 Å². The van der Waals surface area contributed by atoms with Crippen molar-refractivity contribution in [1.82, 2.24) is 0 Å². The van der Waals surface area contributed by atoms with E-state index in [-0.39, 0.29) is 0 Å². The molecule has 0 saturated heterocycles. The third-order valence-electron chi connectivity index (χ3n) is 2.54. The smallest absolute Gasteiger partial charge is 0.135 e. The van der Waals surface area contributed by atoms with Crippen LogP contribution in [0.15, 0.2) is 46.9 Å². The lowest BCUT2D eigenvalue weighted by molar-refractivity contribution is 0.303. The molecule has 17 heavy (non-hydrogen) atoms. The van der Waals surface area contributed by atoms with Crippen LogP contribution in [0, 0.1) is 6.92 Å². The van der Waals surface area contributed by atoms with E-state index in [1.807, 2.05) is 30.3 Å². The van der Waals surface area contributed by atoms with Crippen molar-refractivity contribution in [1.29, 1.82) is 0 Å². The molecule has 2 rings (SSSR count). The van der Waals surface area contributed by atoms with Crippen molar-refractivity contribution in [2.45, 2.75) is 13.5 Å². The molecule has 0 atom stereocenters. The molecule has 0 N–H and O–H groups in total. The summed E-state index contributed by atoms with van der Waals surface area (Å²) in [6.07, 6.45) is 0. The number of ether oxygens (including phenoxy) is 1. The Morgan fingerprint density at radius 1 is 1.18 bits per heavy atom. The second-order valence-electron chi connectivity index (χ2n) is 3.79. The molecular weight excluding hydrogens is 300 g/mol. The molecule has 0 radical (unpaired) electrons. The summed E-state index contributed by atoms with van der Waals surface area (Å²) in [5.74, 6) is 0.765. The minimum absolute atomic E-state index is 0.547. The third-order valence-corrected chi connectivity index (χ3v) is 3.43. The van der Waals surface area contributed by atoms with Crippen LogP contribution < -0.4 is 4.74 Å². The summed E-state index contributed by atoms with van der Waals surface area (Å²) >= 11 is 9.37. The fourth-order valence-electron chi connectivity index (χ4n) is 1.52. The number of rotatable bonds is 3. The van der Waals surface area contributed by atoms with Gasteiger partial charge < -0.3 is 4.74 Å². The normalized spacial score (nSPS) is 10.3. The van der Waals surface area contributed by atoms with E-state index in [0.29, 0.717) is 11.6 Å². The largest absolute Gasteiger partial charge is 0.488 e. The van der Waals surface area contributed by atoms with E-state index in [1.165, 1.54) is 11.1 Å². The van der Waals surface area contributed by atoms with Crippen LogP contribution in [0.25, 0.3) is 0 Å². The highest BCUT2D eigenvalue weighted by Crippen LogP contribution is 2.28. The van der Waals surface area contributed by atoms with E-state index in [4.69, 9.17) is 16.3 Å². The van der Waals surface area contributed by atoms with Gasteiger partial charge in [0.25, 0.3) is 0 Å². The number of hydrogen-bond acceptors (Lipinski definition) is 1. The van der Waals surface area contributed by atoms with Crippen LogP contribution in [0.1, 0.15) is 11.1 Å². The molecule has 1 nitrogen and oxygen atoms in total. The molecule has 0 saturated carbocycles. The van der Waals surface area contributed by atoms with E-state index in [9.17, 15) is 0 Å². The molecule has 3 heteroatoms. The summed E-state index contributed by atoms with van der Waals surface area (Å²) in [6, 6.07) is 13.7. The molecule has 0 unspecified atom stereocenters. The van der Waals surface area contributed by atoms with Crippen molar-refractivity contribution in [3.8, 4) is 5.75 Å². The molecule has 2 aromatic rings. The molecule has 0 aliphatic heterocycles. The number of hydrogen-bond donors (Lipinski definition) is 0. The van der Waals surface area contributed by atoms with Crippen LogP contribution in [0.2, 0.25) is 5.02 Å². The van der Waals surface area contributed by atoms with E-state index < -0.39 is 0 Å². The quantitative estimate of drug-likeness (QED) is 0.776. The van der Waals surface area contributed by atoms with Crippen molar-refractivity contribution in [2.75, 3.05) is 0 Å². The van der Waals surface area contributed by atoms with E-state index in [0.717, 1.165) is 10.2 Å². The van der Waals surface area contributed by atoms with Crippen LogP contribution in [-0.2, 0) is 6.61 Å².